The van der Waals surface area contributed by atoms with Gasteiger partial charge in [0.2, 0.25) is 0 Å². The first-order chi connectivity index (χ1) is 7.86. The molecule has 0 radical (unpaired) electrons. The van der Waals surface area contributed by atoms with Gasteiger partial charge in [-0.15, -0.1) is 0 Å². The molecule has 88 valence electrons. The van der Waals surface area contributed by atoms with Crippen molar-refractivity contribution < 1.29 is 0 Å². The van der Waals surface area contributed by atoms with Crippen LogP contribution in [0.5, 0.6) is 0 Å². The summed E-state index contributed by atoms with van der Waals surface area (Å²) in [6.45, 7) is 2.58. The van der Waals surface area contributed by atoms with Crippen LogP contribution in [0.2, 0.25) is 0 Å². The van der Waals surface area contributed by atoms with Gasteiger partial charge in [-0.25, -0.2) is 0 Å². The van der Waals surface area contributed by atoms with Gasteiger partial charge in [0.15, 0.2) is 0 Å². The number of hydrogen-bond acceptors (Lipinski definition) is 2. The smallest absolute Gasteiger partial charge is 0.0672 e. The highest BCUT2D eigenvalue weighted by molar-refractivity contribution is 4.99. The Morgan fingerprint density at radius 2 is 1.56 bits per heavy atom. The van der Waals surface area contributed by atoms with Crippen molar-refractivity contribution in [2.24, 2.45) is 17.8 Å². The summed E-state index contributed by atoms with van der Waals surface area (Å²) in [7, 11) is 0. The highest BCUT2D eigenvalue weighted by Gasteiger charge is 2.37. The van der Waals surface area contributed by atoms with E-state index in [0.29, 0.717) is 12.0 Å². The molecule has 3 fully saturated rings. The van der Waals surface area contributed by atoms with Gasteiger partial charge in [0, 0.05) is 19.1 Å². The fourth-order valence-electron chi connectivity index (χ4n) is 3.14. The maximum Gasteiger partial charge on any atom is 0.0672 e. The van der Waals surface area contributed by atoms with Gasteiger partial charge in [0.1, 0.15) is 0 Å². The van der Waals surface area contributed by atoms with Crippen LogP contribution in [0.3, 0.4) is 0 Å². The van der Waals surface area contributed by atoms with Gasteiger partial charge in [-0.3, -0.25) is 4.90 Å². The first kappa shape index (κ1) is 10.6. The second kappa shape index (κ2) is 4.37. The standard InChI is InChI=1S/C14H22N2/c15-8-13-2-1-3-14(13)16(9-11-4-5-11)10-12-6-7-12/h11-14H,1-7,9-10H2. The molecule has 2 nitrogen and oxygen atoms in total. The van der Waals surface area contributed by atoms with Gasteiger partial charge in [-0.2, -0.15) is 5.26 Å². The van der Waals surface area contributed by atoms with Crippen LogP contribution in [-0.2, 0) is 0 Å². The van der Waals surface area contributed by atoms with Crippen LogP contribution in [0.4, 0.5) is 0 Å². The van der Waals surface area contributed by atoms with E-state index in [9.17, 15) is 5.26 Å². The summed E-state index contributed by atoms with van der Waals surface area (Å²) < 4.78 is 0. The monoisotopic (exact) mass is 218 g/mol. The maximum atomic E-state index is 9.21. The molecule has 0 amide bonds. The quantitative estimate of drug-likeness (QED) is 0.709. The molecule has 0 aromatic rings. The van der Waals surface area contributed by atoms with Crippen molar-refractivity contribution in [1.82, 2.24) is 4.90 Å². The van der Waals surface area contributed by atoms with Gasteiger partial charge < -0.3 is 0 Å². The van der Waals surface area contributed by atoms with Crippen LogP contribution >= 0.6 is 0 Å². The zero-order valence-electron chi connectivity index (χ0n) is 10.1. The SMILES string of the molecule is N#CC1CCCC1N(CC1CC1)CC1CC1. The minimum Gasteiger partial charge on any atom is -0.299 e. The van der Waals surface area contributed by atoms with Crippen molar-refractivity contribution in [1.29, 1.82) is 5.26 Å². The summed E-state index contributed by atoms with van der Waals surface area (Å²) in [5.74, 6) is 2.27. The van der Waals surface area contributed by atoms with Crippen molar-refractivity contribution >= 4 is 0 Å². The van der Waals surface area contributed by atoms with E-state index in [2.05, 4.69) is 11.0 Å². The Bertz CT molecular complexity index is 272. The molecule has 0 aromatic heterocycles. The summed E-state index contributed by atoms with van der Waals surface area (Å²) in [4.78, 5) is 2.69. The van der Waals surface area contributed by atoms with Crippen LogP contribution < -0.4 is 0 Å². The number of hydrogen-bond donors (Lipinski definition) is 0. The molecule has 3 saturated carbocycles. The second-order valence-corrected chi connectivity index (χ2v) is 6.07. The third kappa shape index (κ3) is 2.40. The fraction of sp³-hybridized carbons (Fsp3) is 0.929. The Balaban J connectivity index is 1.62. The summed E-state index contributed by atoms with van der Waals surface area (Å²) in [6, 6.07) is 3.14. The molecule has 3 rings (SSSR count). The molecular formula is C14H22N2. The summed E-state index contributed by atoms with van der Waals surface area (Å²) in [5, 5.41) is 9.21. The summed E-state index contributed by atoms with van der Waals surface area (Å²) in [5.41, 5.74) is 0. The summed E-state index contributed by atoms with van der Waals surface area (Å²) >= 11 is 0. The first-order valence-corrected chi connectivity index (χ1v) is 7.00. The van der Waals surface area contributed by atoms with Crippen LogP contribution in [0.25, 0.3) is 0 Å². The maximum absolute atomic E-state index is 9.21. The summed E-state index contributed by atoms with van der Waals surface area (Å²) in [6.07, 6.45) is 9.44. The Kier molecular flexibility index (Phi) is 2.90. The van der Waals surface area contributed by atoms with E-state index in [0.717, 1.165) is 18.3 Å². The topological polar surface area (TPSA) is 27.0 Å². The molecule has 0 aliphatic heterocycles. The highest BCUT2D eigenvalue weighted by atomic mass is 15.2. The molecule has 3 aliphatic rings. The van der Waals surface area contributed by atoms with Gasteiger partial charge in [0.05, 0.1) is 12.0 Å². The van der Waals surface area contributed by atoms with Crippen LogP contribution in [0, 0.1) is 29.1 Å². The molecule has 0 heterocycles. The Hall–Kier alpha value is -0.550. The van der Waals surface area contributed by atoms with Crippen LogP contribution in [0.1, 0.15) is 44.9 Å². The van der Waals surface area contributed by atoms with Gasteiger partial charge in [-0.05, 0) is 50.4 Å². The lowest BCUT2D eigenvalue weighted by atomic mass is 10.0. The molecular weight excluding hydrogens is 196 g/mol. The lowest BCUT2D eigenvalue weighted by Crippen LogP contribution is -2.40. The van der Waals surface area contributed by atoms with Crippen LogP contribution in [-0.4, -0.2) is 24.0 Å². The van der Waals surface area contributed by atoms with Crippen molar-refractivity contribution in [2.45, 2.75) is 51.0 Å². The van der Waals surface area contributed by atoms with E-state index in [1.165, 1.54) is 51.6 Å². The third-order valence-corrected chi connectivity index (χ3v) is 4.49. The van der Waals surface area contributed by atoms with Crippen molar-refractivity contribution in [2.75, 3.05) is 13.1 Å². The number of nitrogens with zero attached hydrogens (tertiary/aromatic N) is 2. The molecule has 0 N–H and O–H groups in total. The molecule has 0 saturated heterocycles. The highest BCUT2D eigenvalue weighted by Crippen LogP contribution is 2.38. The van der Waals surface area contributed by atoms with Crippen molar-refractivity contribution in [3.8, 4) is 6.07 Å². The first-order valence-electron chi connectivity index (χ1n) is 7.00. The third-order valence-electron chi connectivity index (χ3n) is 4.49. The predicted octanol–water partition coefficient (Wildman–Crippen LogP) is 2.80. The lowest BCUT2D eigenvalue weighted by molar-refractivity contribution is 0.163. The second-order valence-electron chi connectivity index (χ2n) is 6.07. The van der Waals surface area contributed by atoms with Crippen molar-refractivity contribution in [3.05, 3.63) is 0 Å². The van der Waals surface area contributed by atoms with E-state index in [1.807, 2.05) is 0 Å². The lowest BCUT2D eigenvalue weighted by Gasteiger charge is -2.30. The van der Waals surface area contributed by atoms with Gasteiger partial charge in [0.25, 0.3) is 0 Å². The predicted molar refractivity (Wildman–Crippen MR) is 63.8 cm³/mol. The van der Waals surface area contributed by atoms with Gasteiger partial charge >= 0.3 is 0 Å². The van der Waals surface area contributed by atoms with E-state index < -0.39 is 0 Å². The molecule has 16 heavy (non-hydrogen) atoms. The largest absolute Gasteiger partial charge is 0.299 e. The molecule has 3 aliphatic carbocycles. The zero-order chi connectivity index (χ0) is 11.0. The minimum atomic E-state index is 0.331. The Labute approximate surface area is 98.6 Å². The van der Waals surface area contributed by atoms with Gasteiger partial charge in [-0.1, -0.05) is 6.42 Å². The van der Waals surface area contributed by atoms with E-state index in [1.54, 1.807) is 0 Å². The van der Waals surface area contributed by atoms with Crippen molar-refractivity contribution in [3.63, 3.8) is 0 Å². The average molecular weight is 218 g/mol. The fourth-order valence-corrected chi connectivity index (χ4v) is 3.14. The number of nitriles is 1. The molecule has 0 aromatic carbocycles. The Morgan fingerprint density at radius 3 is 2.06 bits per heavy atom. The number of rotatable bonds is 5. The molecule has 2 unspecified atom stereocenters. The average Bonchev–Trinajstić information content (AvgIpc) is 3.20. The Morgan fingerprint density at radius 1 is 0.938 bits per heavy atom. The van der Waals surface area contributed by atoms with E-state index >= 15 is 0 Å². The molecule has 2 heteroatoms. The normalized spacial score (nSPS) is 34.2. The molecule has 0 spiro atoms. The van der Waals surface area contributed by atoms with E-state index in [4.69, 9.17) is 0 Å². The zero-order valence-corrected chi connectivity index (χ0v) is 10.1. The minimum absolute atomic E-state index is 0.331. The van der Waals surface area contributed by atoms with E-state index in [-0.39, 0.29) is 0 Å². The molecule has 2 atom stereocenters. The van der Waals surface area contributed by atoms with Crippen LogP contribution in [0.15, 0.2) is 0 Å². The molecule has 0 bridgehead atoms.